The highest BCUT2D eigenvalue weighted by molar-refractivity contribution is 9.10. The summed E-state index contributed by atoms with van der Waals surface area (Å²) in [4.78, 5) is 12.1. The molecule has 0 radical (unpaired) electrons. The van der Waals surface area contributed by atoms with E-state index in [-0.39, 0.29) is 17.7 Å². The molecule has 1 aliphatic carbocycles. The van der Waals surface area contributed by atoms with Crippen molar-refractivity contribution in [3.8, 4) is 5.75 Å². The zero-order valence-electron chi connectivity index (χ0n) is 10.4. The number of amides is 1. The van der Waals surface area contributed by atoms with Crippen LogP contribution in [0.5, 0.6) is 5.75 Å². The monoisotopic (exact) mass is 311 g/mol. The maximum atomic E-state index is 12.1. The summed E-state index contributed by atoms with van der Waals surface area (Å²) in [6.45, 7) is 2.17. The summed E-state index contributed by atoms with van der Waals surface area (Å²) in [5.41, 5.74) is 0.335. The second-order valence-corrected chi connectivity index (χ2v) is 5.92. The maximum Gasteiger partial charge on any atom is 0.255 e. The summed E-state index contributed by atoms with van der Waals surface area (Å²) in [5, 5.41) is 12.8. The first-order valence-electron chi connectivity index (χ1n) is 6.37. The summed E-state index contributed by atoms with van der Waals surface area (Å²) in [6, 6.07) is 5.13. The van der Waals surface area contributed by atoms with E-state index in [9.17, 15) is 9.90 Å². The Hall–Kier alpha value is -1.03. The van der Waals surface area contributed by atoms with Gasteiger partial charge in [-0.1, -0.05) is 35.7 Å². The molecule has 0 bridgehead atoms. The van der Waals surface area contributed by atoms with Crippen molar-refractivity contribution in [3.05, 3.63) is 28.2 Å². The molecule has 2 atom stereocenters. The maximum absolute atomic E-state index is 12.1. The van der Waals surface area contributed by atoms with Crippen LogP contribution >= 0.6 is 15.9 Å². The molecule has 18 heavy (non-hydrogen) atoms. The first-order valence-corrected chi connectivity index (χ1v) is 7.16. The van der Waals surface area contributed by atoms with Crippen LogP contribution in [0, 0.1) is 5.92 Å². The van der Waals surface area contributed by atoms with Crippen molar-refractivity contribution in [2.75, 3.05) is 0 Å². The van der Waals surface area contributed by atoms with Crippen molar-refractivity contribution >= 4 is 21.8 Å². The van der Waals surface area contributed by atoms with Gasteiger partial charge >= 0.3 is 0 Å². The van der Waals surface area contributed by atoms with Gasteiger partial charge in [-0.25, -0.2) is 0 Å². The highest BCUT2D eigenvalue weighted by Gasteiger charge is 2.24. The van der Waals surface area contributed by atoms with Crippen molar-refractivity contribution in [3.63, 3.8) is 0 Å². The van der Waals surface area contributed by atoms with Gasteiger partial charge in [0, 0.05) is 10.5 Å². The normalized spacial score (nSPS) is 23.7. The molecule has 1 saturated carbocycles. The predicted octanol–water partition coefficient (Wildman–Crippen LogP) is 3.46. The Labute approximate surface area is 116 Å². The van der Waals surface area contributed by atoms with Crippen molar-refractivity contribution in [1.29, 1.82) is 0 Å². The van der Waals surface area contributed by atoms with Crippen LogP contribution in [0.15, 0.2) is 22.7 Å². The Morgan fingerprint density at radius 2 is 2.11 bits per heavy atom. The lowest BCUT2D eigenvalue weighted by molar-refractivity contribution is 0.0907. The second-order valence-electron chi connectivity index (χ2n) is 5.00. The zero-order valence-corrected chi connectivity index (χ0v) is 12.0. The number of aromatic hydroxyl groups is 1. The second kappa shape index (κ2) is 5.74. The summed E-state index contributed by atoms with van der Waals surface area (Å²) in [5.74, 6) is 0.351. The van der Waals surface area contributed by atoms with Gasteiger partial charge < -0.3 is 10.4 Å². The minimum atomic E-state index is -0.187. The lowest BCUT2D eigenvalue weighted by Crippen LogP contribution is -2.41. The van der Waals surface area contributed by atoms with Crippen LogP contribution in [-0.4, -0.2) is 17.1 Å². The molecule has 2 N–H and O–H groups in total. The van der Waals surface area contributed by atoms with Crippen molar-refractivity contribution < 1.29 is 9.90 Å². The number of carbonyl (C=O) groups is 1. The first-order chi connectivity index (χ1) is 8.58. The molecule has 98 valence electrons. The Morgan fingerprint density at radius 1 is 1.39 bits per heavy atom. The van der Waals surface area contributed by atoms with Gasteiger partial charge in [0.2, 0.25) is 0 Å². The summed E-state index contributed by atoms with van der Waals surface area (Å²) in [7, 11) is 0. The van der Waals surface area contributed by atoms with Crippen molar-refractivity contribution in [2.45, 2.75) is 38.6 Å². The van der Waals surface area contributed by atoms with Gasteiger partial charge in [-0.2, -0.15) is 0 Å². The molecule has 1 aromatic carbocycles. The average molecular weight is 312 g/mol. The third-order valence-corrected chi connectivity index (χ3v) is 4.12. The minimum Gasteiger partial charge on any atom is -0.507 e. The van der Waals surface area contributed by atoms with Gasteiger partial charge in [-0.05, 0) is 37.0 Å². The van der Waals surface area contributed by atoms with Gasteiger partial charge in [-0.15, -0.1) is 0 Å². The first kappa shape index (κ1) is 13.4. The van der Waals surface area contributed by atoms with E-state index in [0.29, 0.717) is 11.5 Å². The van der Waals surface area contributed by atoms with Crippen molar-refractivity contribution in [1.82, 2.24) is 5.32 Å². The average Bonchev–Trinajstić information content (AvgIpc) is 2.35. The van der Waals surface area contributed by atoms with Gasteiger partial charge in [0.05, 0.1) is 5.56 Å². The van der Waals surface area contributed by atoms with Crippen LogP contribution in [-0.2, 0) is 0 Å². The Morgan fingerprint density at radius 3 is 2.83 bits per heavy atom. The standard InChI is InChI=1S/C14H18BrNO2/c1-9-4-2-3-5-12(9)16-14(18)11-8-10(15)6-7-13(11)17/h6-9,12,17H,2-5H2,1H3,(H,16,18). The van der Waals surface area contributed by atoms with E-state index < -0.39 is 0 Å². The predicted molar refractivity (Wildman–Crippen MR) is 74.7 cm³/mol. The number of hydrogen-bond donors (Lipinski definition) is 2. The lowest BCUT2D eigenvalue weighted by atomic mass is 9.86. The van der Waals surface area contributed by atoms with Crippen LogP contribution in [0.4, 0.5) is 0 Å². The van der Waals surface area contributed by atoms with Gasteiger partial charge in [0.1, 0.15) is 5.75 Å². The van der Waals surface area contributed by atoms with Crippen LogP contribution in [0.2, 0.25) is 0 Å². The van der Waals surface area contributed by atoms with E-state index in [0.717, 1.165) is 17.3 Å². The van der Waals surface area contributed by atoms with E-state index in [1.807, 2.05) is 0 Å². The molecular weight excluding hydrogens is 294 g/mol. The number of rotatable bonds is 2. The van der Waals surface area contributed by atoms with Gasteiger partial charge in [-0.3, -0.25) is 4.79 Å². The fraction of sp³-hybridized carbons (Fsp3) is 0.500. The van der Waals surface area contributed by atoms with Gasteiger partial charge in [0.15, 0.2) is 0 Å². The summed E-state index contributed by atoms with van der Waals surface area (Å²) < 4.78 is 0.794. The lowest BCUT2D eigenvalue weighted by Gasteiger charge is -2.29. The molecule has 0 saturated heterocycles. The van der Waals surface area contributed by atoms with E-state index >= 15 is 0 Å². The van der Waals surface area contributed by atoms with Crippen LogP contribution in [0.1, 0.15) is 43.0 Å². The quantitative estimate of drug-likeness (QED) is 0.878. The Kier molecular flexibility index (Phi) is 4.27. The molecule has 0 aliphatic heterocycles. The number of halogens is 1. The van der Waals surface area contributed by atoms with E-state index in [1.165, 1.54) is 18.9 Å². The van der Waals surface area contributed by atoms with Crippen LogP contribution in [0.25, 0.3) is 0 Å². The molecule has 0 aromatic heterocycles. The topological polar surface area (TPSA) is 49.3 Å². The molecule has 4 heteroatoms. The highest BCUT2D eigenvalue weighted by Crippen LogP contribution is 2.26. The molecule has 1 aliphatic rings. The molecule has 0 heterocycles. The number of benzene rings is 1. The van der Waals surface area contributed by atoms with Gasteiger partial charge in [0.25, 0.3) is 5.91 Å². The summed E-state index contributed by atoms with van der Waals surface area (Å²) >= 11 is 3.31. The van der Waals surface area contributed by atoms with Crippen LogP contribution < -0.4 is 5.32 Å². The van der Waals surface area contributed by atoms with E-state index in [1.54, 1.807) is 12.1 Å². The molecule has 1 fully saturated rings. The van der Waals surface area contributed by atoms with Crippen molar-refractivity contribution in [2.24, 2.45) is 5.92 Å². The molecular formula is C14H18BrNO2. The third kappa shape index (κ3) is 3.05. The smallest absolute Gasteiger partial charge is 0.255 e. The largest absolute Gasteiger partial charge is 0.507 e. The third-order valence-electron chi connectivity index (χ3n) is 3.63. The van der Waals surface area contributed by atoms with Crippen LogP contribution in [0.3, 0.4) is 0 Å². The summed E-state index contributed by atoms with van der Waals surface area (Å²) in [6.07, 6.45) is 4.60. The Balaban J connectivity index is 2.09. The SMILES string of the molecule is CC1CCCCC1NC(=O)c1cc(Br)ccc1O. The fourth-order valence-electron chi connectivity index (χ4n) is 2.47. The molecule has 1 amide bonds. The zero-order chi connectivity index (χ0) is 13.1. The Bertz CT molecular complexity index is 447. The molecule has 1 aromatic rings. The highest BCUT2D eigenvalue weighted by atomic mass is 79.9. The number of phenols is 1. The molecule has 2 rings (SSSR count). The minimum absolute atomic E-state index is 0.0270. The molecule has 3 nitrogen and oxygen atoms in total. The fourth-order valence-corrected chi connectivity index (χ4v) is 2.83. The number of phenolic OH excluding ortho intramolecular Hbond substituents is 1. The van der Waals surface area contributed by atoms with E-state index in [2.05, 4.69) is 28.2 Å². The number of nitrogens with one attached hydrogen (secondary N) is 1. The molecule has 2 unspecified atom stereocenters. The molecule has 0 spiro atoms. The number of hydrogen-bond acceptors (Lipinski definition) is 2. The number of carbonyl (C=O) groups excluding carboxylic acids is 1. The van der Waals surface area contributed by atoms with E-state index in [4.69, 9.17) is 0 Å².